The van der Waals surface area contributed by atoms with Crippen LogP contribution in [0.5, 0.6) is 0 Å². The van der Waals surface area contributed by atoms with Crippen molar-refractivity contribution in [3.8, 4) is 0 Å². The van der Waals surface area contributed by atoms with E-state index < -0.39 is 16.1 Å². The minimum Gasteiger partial charge on any atom is -0.388 e. The number of benzene rings is 1. The van der Waals surface area contributed by atoms with Gasteiger partial charge in [-0.25, -0.2) is 8.42 Å². The normalized spacial score (nSPS) is 13.8. The summed E-state index contributed by atoms with van der Waals surface area (Å²) in [6.07, 6.45) is 4.67. The second-order valence-electron chi connectivity index (χ2n) is 8.25. The van der Waals surface area contributed by atoms with Gasteiger partial charge >= 0.3 is 0 Å². The van der Waals surface area contributed by atoms with Crippen molar-refractivity contribution in [2.75, 3.05) is 30.6 Å². The fraction of sp³-hybridized carbons (Fsp3) is 0.700. The number of rotatable bonds is 11. The molecule has 0 saturated heterocycles. The lowest BCUT2D eigenvalue weighted by Crippen LogP contribution is -2.26. The lowest BCUT2D eigenvalue weighted by atomic mass is 9.90. The molecule has 0 aromatic heterocycles. The van der Waals surface area contributed by atoms with Crippen molar-refractivity contribution in [2.24, 2.45) is 5.41 Å². The maximum atomic E-state index is 11.2. The molecule has 150 valence electrons. The quantitative estimate of drug-likeness (QED) is 0.604. The lowest BCUT2D eigenvalue weighted by Gasteiger charge is -2.24. The van der Waals surface area contributed by atoms with Crippen LogP contribution in [0.3, 0.4) is 0 Å². The zero-order valence-corrected chi connectivity index (χ0v) is 17.8. The van der Waals surface area contributed by atoms with Crippen LogP contribution in [0.4, 0.5) is 5.69 Å². The standard InChI is InChI=1S/C20H36N2O3S/c1-6-22(16-8-14-20(2,3)4)15-7-9-19(23)17-10-12-18(13-11-17)21-26(5,24)25/h10-13,19,21,23H,6-9,14-16H2,1-5H3. The Balaban J connectivity index is 2.39. The molecule has 1 unspecified atom stereocenters. The molecule has 26 heavy (non-hydrogen) atoms. The zero-order chi connectivity index (χ0) is 19.8. The summed E-state index contributed by atoms with van der Waals surface area (Å²) in [5.74, 6) is 0. The van der Waals surface area contributed by atoms with Gasteiger partial charge in [0.05, 0.1) is 12.4 Å². The van der Waals surface area contributed by atoms with E-state index in [0.29, 0.717) is 17.5 Å². The van der Waals surface area contributed by atoms with Crippen LogP contribution >= 0.6 is 0 Å². The molecule has 0 saturated carbocycles. The predicted octanol–water partition coefficient (Wildman–Crippen LogP) is 4.02. The molecule has 0 aliphatic carbocycles. The van der Waals surface area contributed by atoms with E-state index in [0.717, 1.165) is 37.9 Å². The third-order valence-corrected chi connectivity index (χ3v) is 5.01. The molecular formula is C20H36N2O3S. The average Bonchev–Trinajstić information content (AvgIpc) is 2.51. The van der Waals surface area contributed by atoms with Crippen LogP contribution in [0, 0.1) is 5.41 Å². The summed E-state index contributed by atoms with van der Waals surface area (Å²) in [5, 5.41) is 10.4. The molecule has 2 N–H and O–H groups in total. The predicted molar refractivity (Wildman–Crippen MR) is 110 cm³/mol. The summed E-state index contributed by atoms with van der Waals surface area (Å²) < 4.78 is 24.9. The van der Waals surface area contributed by atoms with Gasteiger partial charge in [0.15, 0.2) is 0 Å². The Kier molecular flexibility index (Phi) is 9.07. The van der Waals surface area contributed by atoms with Crippen LogP contribution in [0.25, 0.3) is 0 Å². The van der Waals surface area contributed by atoms with Crippen LogP contribution in [0.1, 0.15) is 65.0 Å². The van der Waals surface area contributed by atoms with Gasteiger partial charge in [0, 0.05) is 5.69 Å². The zero-order valence-electron chi connectivity index (χ0n) is 17.0. The molecule has 0 radical (unpaired) electrons. The Hall–Kier alpha value is -1.11. The summed E-state index contributed by atoms with van der Waals surface area (Å²) >= 11 is 0. The van der Waals surface area contributed by atoms with Gasteiger partial charge in [-0.15, -0.1) is 0 Å². The van der Waals surface area contributed by atoms with Crippen LogP contribution in [0.2, 0.25) is 0 Å². The van der Waals surface area contributed by atoms with Crippen molar-refractivity contribution >= 4 is 15.7 Å². The van der Waals surface area contributed by atoms with E-state index in [1.54, 1.807) is 24.3 Å². The van der Waals surface area contributed by atoms with Crippen molar-refractivity contribution in [2.45, 2.75) is 59.5 Å². The van der Waals surface area contributed by atoms with Gasteiger partial charge in [-0.1, -0.05) is 39.8 Å². The van der Waals surface area contributed by atoms with E-state index in [2.05, 4.69) is 37.3 Å². The maximum absolute atomic E-state index is 11.2. The Morgan fingerprint density at radius 3 is 2.19 bits per heavy atom. The highest BCUT2D eigenvalue weighted by Gasteiger charge is 2.12. The molecule has 1 rings (SSSR count). The van der Waals surface area contributed by atoms with E-state index in [1.807, 2.05) is 0 Å². The number of hydrogen-bond acceptors (Lipinski definition) is 4. The fourth-order valence-electron chi connectivity index (χ4n) is 2.92. The molecule has 0 fully saturated rings. The summed E-state index contributed by atoms with van der Waals surface area (Å²) in [5.41, 5.74) is 1.72. The Morgan fingerprint density at radius 1 is 1.12 bits per heavy atom. The molecule has 0 amide bonds. The summed E-state index contributed by atoms with van der Waals surface area (Å²) in [6.45, 7) is 12.1. The fourth-order valence-corrected chi connectivity index (χ4v) is 3.49. The largest absolute Gasteiger partial charge is 0.388 e. The highest BCUT2D eigenvalue weighted by molar-refractivity contribution is 7.92. The van der Waals surface area contributed by atoms with E-state index in [9.17, 15) is 13.5 Å². The van der Waals surface area contributed by atoms with Crippen molar-refractivity contribution in [1.29, 1.82) is 0 Å². The van der Waals surface area contributed by atoms with Gasteiger partial charge < -0.3 is 10.0 Å². The second-order valence-corrected chi connectivity index (χ2v) is 10.0. The van der Waals surface area contributed by atoms with E-state index >= 15 is 0 Å². The third-order valence-electron chi connectivity index (χ3n) is 4.40. The van der Waals surface area contributed by atoms with Gasteiger partial charge in [0.25, 0.3) is 0 Å². The molecule has 0 spiro atoms. The average molecular weight is 385 g/mol. The number of aliphatic hydroxyl groups excluding tert-OH is 1. The van der Waals surface area contributed by atoms with Crippen molar-refractivity contribution < 1.29 is 13.5 Å². The van der Waals surface area contributed by atoms with Crippen molar-refractivity contribution in [3.63, 3.8) is 0 Å². The smallest absolute Gasteiger partial charge is 0.229 e. The van der Waals surface area contributed by atoms with E-state index in [1.165, 1.54) is 12.8 Å². The second kappa shape index (κ2) is 10.3. The number of hydrogen-bond donors (Lipinski definition) is 2. The van der Waals surface area contributed by atoms with Crippen LogP contribution in [0.15, 0.2) is 24.3 Å². The number of nitrogens with zero attached hydrogens (tertiary/aromatic N) is 1. The molecule has 0 heterocycles. The first-order valence-corrected chi connectivity index (χ1v) is 11.4. The lowest BCUT2D eigenvalue weighted by molar-refractivity contribution is 0.155. The highest BCUT2D eigenvalue weighted by Crippen LogP contribution is 2.22. The molecule has 1 aromatic carbocycles. The number of nitrogens with one attached hydrogen (secondary N) is 1. The van der Waals surface area contributed by atoms with Crippen LogP contribution in [-0.2, 0) is 10.0 Å². The number of anilines is 1. The van der Waals surface area contributed by atoms with Gasteiger partial charge in [0.1, 0.15) is 0 Å². The van der Waals surface area contributed by atoms with E-state index in [4.69, 9.17) is 0 Å². The number of aliphatic hydroxyl groups is 1. The Labute approximate surface area is 159 Å². The van der Waals surface area contributed by atoms with E-state index in [-0.39, 0.29) is 0 Å². The van der Waals surface area contributed by atoms with Crippen LogP contribution < -0.4 is 4.72 Å². The highest BCUT2D eigenvalue weighted by atomic mass is 32.2. The Morgan fingerprint density at radius 2 is 1.69 bits per heavy atom. The van der Waals surface area contributed by atoms with Gasteiger partial charge in [-0.2, -0.15) is 0 Å². The van der Waals surface area contributed by atoms with Gasteiger partial charge in [0.2, 0.25) is 10.0 Å². The third kappa shape index (κ3) is 10.1. The summed E-state index contributed by atoms with van der Waals surface area (Å²) in [6, 6.07) is 6.92. The molecule has 1 aromatic rings. The van der Waals surface area contributed by atoms with Crippen LogP contribution in [-0.4, -0.2) is 44.3 Å². The molecular weight excluding hydrogens is 348 g/mol. The van der Waals surface area contributed by atoms with Gasteiger partial charge in [-0.05, 0) is 68.4 Å². The molecule has 0 aliphatic rings. The number of sulfonamides is 1. The Bertz CT molecular complexity index is 621. The molecule has 1 atom stereocenters. The minimum absolute atomic E-state index is 0.383. The monoisotopic (exact) mass is 384 g/mol. The SMILES string of the molecule is CCN(CCCC(O)c1ccc(NS(C)(=O)=O)cc1)CCCC(C)(C)C. The summed E-state index contributed by atoms with van der Waals surface area (Å²) in [7, 11) is -3.27. The first-order valence-electron chi connectivity index (χ1n) is 9.48. The molecule has 6 heteroatoms. The molecule has 5 nitrogen and oxygen atoms in total. The molecule has 0 bridgehead atoms. The maximum Gasteiger partial charge on any atom is 0.229 e. The van der Waals surface area contributed by atoms with Crippen molar-refractivity contribution in [3.05, 3.63) is 29.8 Å². The topological polar surface area (TPSA) is 69.6 Å². The first-order chi connectivity index (χ1) is 12.0. The van der Waals surface area contributed by atoms with Crippen molar-refractivity contribution in [1.82, 2.24) is 4.90 Å². The minimum atomic E-state index is -3.27. The van der Waals surface area contributed by atoms with Gasteiger partial charge in [-0.3, -0.25) is 4.72 Å². The molecule has 0 aliphatic heterocycles. The summed E-state index contributed by atoms with van der Waals surface area (Å²) in [4.78, 5) is 2.44. The first kappa shape index (κ1) is 22.9.